The number of ether oxygens (including phenoxy) is 1. The topological polar surface area (TPSA) is 59.5 Å². The molecule has 2 fully saturated rings. The van der Waals surface area contributed by atoms with Gasteiger partial charge in [-0.25, -0.2) is 0 Å². The summed E-state index contributed by atoms with van der Waals surface area (Å²) in [5, 5.41) is 0. The Morgan fingerprint density at radius 1 is 1.29 bits per heavy atom. The van der Waals surface area contributed by atoms with E-state index in [0.29, 0.717) is 38.9 Å². The third-order valence-electron chi connectivity index (χ3n) is 4.81. The lowest BCUT2D eigenvalue weighted by Gasteiger charge is -2.36. The Labute approximate surface area is 130 Å². The predicted octanol–water partition coefficient (Wildman–Crippen LogP) is 1.97. The fourth-order valence-electron chi connectivity index (χ4n) is 3.60. The van der Waals surface area contributed by atoms with Crippen LogP contribution in [0.25, 0.3) is 0 Å². The van der Waals surface area contributed by atoms with Crippen LogP contribution in [0.1, 0.15) is 31.4 Å². The smallest absolute Gasteiger partial charge is 0.239 e. The first-order chi connectivity index (χ1) is 10.1. The van der Waals surface area contributed by atoms with E-state index in [2.05, 4.69) is 20.9 Å². The first kappa shape index (κ1) is 13.4. The summed E-state index contributed by atoms with van der Waals surface area (Å²) in [6.45, 7) is 1.17. The summed E-state index contributed by atoms with van der Waals surface area (Å²) in [5.41, 5.74) is 1.18. The maximum absolute atomic E-state index is 13.1. The number of carbonyl (C=O) groups excluding carboxylic acids is 2. The van der Waals surface area contributed by atoms with Crippen molar-refractivity contribution in [1.82, 2.24) is 4.98 Å². The number of halogens is 1. The number of pyridine rings is 1. The van der Waals surface area contributed by atoms with Crippen molar-refractivity contribution in [3.05, 3.63) is 22.4 Å². The summed E-state index contributed by atoms with van der Waals surface area (Å²) in [6.07, 6.45) is 4.02. The van der Waals surface area contributed by atoms with Gasteiger partial charge in [-0.3, -0.25) is 14.6 Å². The Bertz CT molecular complexity index is 632. The van der Waals surface area contributed by atoms with E-state index in [9.17, 15) is 9.59 Å². The number of aromatic nitrogens is 1. The van der Waals surface area contributed by atoms with Gasteiger partial charge >= 0.3 is 0 Å². The first-order valence-corrected chi connectivity index (χ1v) is 8.00. The quantitative estimate of drug-likeness (QED) is 0.776. The molecule has 4 rings (SSSR count). The minimum Gasteiger partial charge on any atom is -0.381 e. The van der Waals surface area contributed by atoms with Crippen LogP contribution < -0.4 is 4.90 Å². The second-order valence-electron chi connectivity index (χ2n) is 5.99. The van der Waals surface area contributed by atoms with Gasteiger partial charge in [0.05, 0.1) is 22.8 Å². The van der Waals surface area contributed by atoms with Crippen LogP contribution >= 0.6 is 15.9 Å². The Morgan fingerprint density at radius 3 is 2.67 bits per heavy atom. The fourth-order valence-corrected chi connectivity index (χ4v) is 3.92. The Morgan fingerprint density at radius 2 is 2.00 bits per heavy atom. The molecule has 1 amide bonds. The first-order valence-electron chi connectivity index (χ1n) is 7.21. The molecule has 1 aliphatic carbocycles. The minimum absolute atomic E-state index is 0.00192. The van der Waals surface area contributed by atoms with Crippen LogP contribution in [0.5, 0.6) is 0 Å². The summed E-state index contributed by atoms with van der Waals surface area (Å²) in [6, 6.07) is 1.95. The zero-order chi connectivity index (χ0) is 14.6. The van der Waals surface area contributed by atoms with Crippen molar-refractivity contribution in [2.45, 2.75) is 37.1 Å². The second kappa shape index (κ2) is 4.61. The third kappa shape index (κ3) is 1.82. The number of fused-ring (bicyclic) bond motifs is 2. The van der Waals surface area contributed by atoms with E-state index < -0.39 is 5.41 Å². The molecule has 110 valence electrons. The van der Waals surface area contributed by atoms with Gasteiger partial charge in [0.1, 0.15) is 5.78 Å². The van der Waals surface area contributed by atoms with Gasteiger partial charge in [0.15, 0.2) is 0 Å². The molecule has 0 bridgehead atoms. The third-order valence-corrected chi connectivity index (χ3v) is 5.25. The molecule has 0 N–H and O–H groups in total. The van der Waals surface area contributed by atoms with Gasteiger partial charge < -0.3 is 9.64 Å². The van der Waals surface area contributed by atoms with Gasteiger partial charge in [-0.2, -0.15) is 0 Å². The number of amides is 1. The van der Waals surface area contributed by atoms with Crippen LogP contribution in [0.2, 0.25) is 0 Å². The van der Waals surface area contributed by atoms with Crippen molar-refractivity contribution in [2.24, 2.45) is 0 Å². The molecular weight excluding hydrogens is 336 g/mol. The highest BCUT2D eigenvalue weighted by molar-refractivity contribution is 9.10. The summed E-state index contributed by atoms with van der Waals surface area (Å²) in [4.78, 5) is 30.8. The van der Waals surface area contributed by atoms with E-state index in [4.69, 9.17) is 4.74 Å². The monoisotopic (exact) mass is 350 g/mol. The lowest BCUT2D eigenvalue weighted by Crippen LogP contribution is -2.52. The van der Waals surface area contributed by atoms with Crippen LogP contribution in [0.4, 0.5) is 5.69 Å². The van der Waals surface area contributed by atoms with Crippen molar-refractivity contribution in [2.75, 3.05) is 18.1 Å². The lowest BCUT2D eigenvalue weighted by molar-refractivity contribution is -0.129. The molecule has 1 spiro atoms. The molecule has 0 atom stereocenters. The van der Waals surface area contributed by atoms with Gasteiger partial charge in [-0.15, -0.1) is 0 Å². The van der Waals surface area contributed by atoms with Gasteiger partial charge in [-0.1, -0.05) is 0 Å². The average molecular weight is 351 g/mol. The second-order valence-corrected chi connectivity index (χ2v) is 6.91. The van der Waals surface area contributed by atoms with Crippen LogP contribution in [-0.2, 0) is 19.7 Å². The number of carbonyl (C=O) groups is 2. The normalized spacial score (nSPS) is 24.3. The van der Waals surface area contributed by atoms with E-state index in [1.807, 2.05) is 11.0 Å². The van der Waals surface area contributed by atoms with Crippen molar-refractivity contribution < 1.29 is 14.3 Å². The van der Waals surface area contributed by atoms with E-state index >= 15 is 0 Å². The maximum atomic E-state index is 13.1. The largest absolute Gasteiger partial charge is 0.381 e. The van der Waals surface area contributed by atoms with Crippen LogP contribution in [0.15, 0.2) is 16.7 Å². The van der Waals surface area contributed by atoms with Crippen molar-refractivity contribution >= 4 is 33.3 Å². The molecule has 3 heterocycles. The zero-order valence-electron chi connectivity index (χ0n) is 11.5. The number of hydrogen-bond donors (Lipinski definition) is 0. The zero-order valence-corrected chi connectivity index (χ0v) is 13.1. The number of nitrogens with zero attached hydrogens (tertiary/aromatic N) is 2. The standard InChI is InChI=1S/C15H15BrN2O3/c16-9-5-12-13(17-8-9)15(1-3-21-4-2-15)14(20)18(12)10-6-11(19)7-10/h5,8,10H,1-4,6-7H2. The lowest BCUT2D eigenvalue weighted by atomic mass is 9.77. The van der Waals surface area contributed by atoms with Gasteiger partial charge in [0.25, 0.3) is 0 Å². The highest BCUT2D eigenvalue weighted by Crippen LogP contribution is 2.49. The van der Waals surface area contributed by atoms with E-state index in [0.717, 1.165) is 15.9 Å². The number of rotatable bonds is 1. The van der Waals surface area contributed by atoms with E-state index in [1.54, 1.807) is 6.20 Å². The molecule has 1 aromatic heterocycles. The Kier molecular flexibility index (Phi) is 2.94. The van der Waals surface area contributed by atoms with Gasteiger partial charge in [0, 0.05) is 36.7 Å². The fraction of sp³-hybridized carbons (Fsp3) is 0.533. The number of hydrogen-bond acceptors (Lipinski definition) is 4. The van der Waals surface area contributed by atoms with E-state index in [-0.39, 0.29) is 17.7 Å². The van der Waals surface area contributed by atoms with Crippen LogP contribution in [0.3, 0.4) is 0 Å². The van der Waals surface area contributed by atoms with Gasteiger partial charge in [-0.05, 0) is 34.8 Å². The molecule has 6 heteroatoms. The molecule has 1 aromatic rings. The summed E-state index contributed by atoms with van der Waals surface area (Å²) in [5.74, 6) is 0.328. The SMILES string of the molecule is O=C1CC(N2C(=O)C3(CCOCC3)c3ncc(Br)cc32)C1. The van der Waals surface area contributed by atoms with Crippen LogP contribution in [0, 0.1) is 0 Å². The molecule has 1 saturated carbocycles. The summed E-state index contributed by atoms with van der Waals surface area (Å²) >= 11 is 3.43. The molecule has 0 radical (unpaired) electrons. The molecule has 3 aliphatic rings. The molecule has 21 heavy (non-hydrogen) atoms. The maximum Gasteiger partial charge on any atom is 0.239 e. The highest BCUT2D eigenvalue weighted by atomic mass is 79.9. The van der Waals surface area contributed by atoms with E-state index in [1.165, 1.54) is 0 Å². The van der Waals surface area contributed by atoms with Crippen molar-refractivity contribution in [1.29, 1.82) is 0 Å². The predicted molar refractivity (Wildman–Crippen MR) is 79.2 cm³/mol. The van der Waals surface area contributed by atoms with Crippen LogP contribution in [-0.4, -0.2) is 35.9 Å². The summed E-state index contributed by atoms with van der Waals surface area (Å²) < 4.78 is 6.29. The Balaban J connectivity index is 1.82. The molecule has 0 aromatic carbocycles. The molecule has 1 saturated heterocycles. The highest BCUT2D eigenvalue weighted by Gasteiger charge is 2.55. The number of anilines is 1. The minimum atomic E-state index is -0.549. The number of ketones is 1. The van der Waals surface area contributed by atoms with Crippen molar-refractivity contribution in [3.8, 4) is 0 Å². The Hall–Kier alpha value is -1.27. The summed E-state index contributed by atoms with van der Waals surface area (Å²) in [7, 11) is 0. The average Bonchev–Trinajstić information content (AvgIpc) is 2.66. The molecular formula is C15H15BrN2O3. The molecule has 2 aliphatic heterocycles. The van der Waals surface area contributed by atoms with Gasteiger partial charge in [0.2, 0.25) is 5.91 Å². The number of Topliss-reactive ketones (excluding diaryl/α,β-unsaturated/α-hetero) is 1. The molecule has 5 nitrogen and oxygen atoms in total. The van der Waals surface area contributed by atoms with Crippen molar-refractivity contribution in [3.63, 3.8) is 0 Å². The molecule has 0 unspecified atom stereocenters.